The van der Waals surface area contributed by atoms with E-state index in [1.54, 1.807) is 0 Å². The average molecular weight is 229 g/mol. The summed E-state index contributed by atoms with van der Waals surface area (Å²) < 4.78 is 46.3. The second-order valence-electron chi connectivity index (χ2n) is 2.79. The van der Waals surface area contributed by atoms with Crippen molar-refractivity contribution in [2.45, 2.75) is 6.18 Å². The highest BCUT2D eigenvalue weighted by Crippen LogP contribution is 2.32. The summed E-state index contributed by atoms with van der Waals surface area (Å²) in [6, 6.07) is 4.34. The number of hydrogen-bond acceptors (Lipinski definition) is 4. The van der Waals surface area contributed by atoms with Crippen LogP contribution in [0, 0.1) is 6.33 Å². The molecule has 0 spiro atoms. The molecule has 0 aliphatic heterocycles. The van der Waals surface area contributed by atoms with Crippen LogP contribution in [0.1, 0.15) is 5.56 Å². The molecule has 2 aromatic rings. The van der Waals surface area contributed by atoms with Crippen LogP contribution < -0.4 is 4.74 Å². The average Bonchev–Trinajstić information content (AvgIpc) is 2.70. The van der Waals surface area contributed by atoms with Crippen molar-refractivity contribution in [3.8, 4) is 11.8 Å². The van der Waals surface area contributed by atoms with E-state index in [9.17, 15) is 13.2 Å². The van der Waals surface area contributed by atoms with E-state index in [1.807, 2.05) is 0 Å². The second-order valence-corrected chi connectivity index (χ2v) is 2.79. The first-order valence-electron chi connectivity index (χ1n) is 4.10. The lowest BCUT2D eigenvalue weighted by molar-refractivity contribution is -0.137. The van der Waals surface area contributed by atoms with Gasteiger partial charge in [0.2, 0.25) is 6.33 Å². The van der Waals surface area contributed by atoms with Crippen molar-refractivity contribution in [1.29, 1.82) is 0 Å². The molecule has 0 aliphatic carbocycles. The van der Waals surface area contributed by atoms with Gasteiger partial charge in [0.1, 0.15) is 5.75 Å². The Kier molecular flexibility index (Phi) is 2.51. The standard InChI is InChI=1S/C9H4F3N2O2/c10-9(11,12)6-2-1-3-7(4-6)15-8-13-5-14-16-8/h1-4H. The Hall–Kier alpha value is -2.05. The Morgan fingerprint density at radius 2 is 2.12 bits per heavy atom. The predicted molar refractivity (Wildman–Crippen MR) is 44.7 cm³/mol. The van der Waals surface area contributed by atoms with Gasteiger partial charge >= 0.3 is 12.3 Å². The van der Waals surface area contributed by atoms with Crippen LogP contribution in [0.25, 0.3) is 0 Å². The van der Waals surface area contributed by atoms with Gasteiger partial charge in [-0.15, -0.1) is 4.98 Å². The smallest absolute Gasteiger partial charge is 0.410 e. The number of ether oxygens (including phenoxy) is 1. The molecule has 4 nitrogen and oxygen atoms in total. The molecule has 83 valence electrons. The highest BCUT2D eigenvalue weighted by Gasteiger charge is 2.30. The zero-order valence-corrected chi connectivity index (χ0v) is 7.65. The van der Waals surface area contributed by atoms with Crippen LogP contribution in [0.15, 0.2) is 28.8 Å². The van der Waals surface area contributed by atoms with Gasteiger partial charge in [-0.25, -0.2) is 0 Å². The fourth-order valence-electron chi connectivity index (χ4n) is 1.02. The van der Waals surface area contributed by atoms with Crippen molar-refractivity contribution in [3.63, 3.8) is 0 Å². The lowest BCUT2D eigenvalue weighted by atomic mass is 10.2. The van der Waals surface area contributed by atoms with Crippen LogP contribution in [0.4, 0.5) is 13.2 Å². The highest BCUT2D eigenvalue weighted by molar-refractivity contribution is 5.31. The van der Waals surface area contributed by atoms with Crippen LogP contribution >= 0.6 is 0 Å². The molecule has 2 rings (SSSR count). The van der Waals surface area contributed by atoms with Crippen LogP contribution in [0.3, 0.4) is 0 Å². The number of benzene rings is 1. The molecule has 1 heterocycles. The van der Waals surface area contributed by atoms with Crippen LogP contribution in [0.2, 0.25) is 0 Å². The molecule has 0 saturated heterocycles. The summed E-state index contributed by atoms with van der Waals surface area (Å²) in [6.07, 6.45) is -2.60. The van der Waals surface area contributed by atoms with Crippen molar-refractivity contribution in [2.24, 2.45) is 0 Å². The van der Waals surface area contributed by atoms with Gasteiger partial charge < -0.3 is 4.74 Å². The first-order valence-corrected chi connectivity index (χ1v) is 4.10. The molecule has 0 unspecified atom stereocenters. The van der Waals surface area contributed by atoms with Gasteiger partial charge in [0.15, 0.2) is 0 Å². The van der Waals surface area contributed by atoms with Crippen molar-refractivity contribution in [3.05, 3.63) is 36.2 Å². The summed E-state index contributed by atoms with van der Waals surface area (Å²) >= 11 is 0. The summed E-state index contributed by atoms with van der Waals surface area (Å²) in [5.41, 5.74) is -0.812. The van der Waals surface area contributed by atoms with E-state index >= 15 is 0 Å². The first-order chi connectivity index (χ1) is 7.55. The normalized spacial score (nSPS) is 11.4. The molecule has 16 heavy (non-hydrogen) atoms. The summed E-state index contributed by atoms with van der Waals surface area (Å²) in [5, 5.41) is 3.13. The molecule has 1 aromatic carbocycles. The van der Waals surface area contributed by atoms with E-state index in [4.69, 9.17) is 4.74 Å². The van der Waals surface area contributed by atoms with Crippen molar-refractivity contribution >= 4 is 0 Å². The third kappa shape index (κ3) is 2.30. The van der Waals surface area contributed by atoms with E-state index in [1.165, 1.54) is 12.1 Å². The van der Waals surface area contributed by atoms with Crippen molar-refractivity contribution in [2.75, 3.05) is 0 Å². The third-order valence-electron chi connectivity index (χ3n) is 1.67. The Morgan fingerprint density at radius 1 is 1.31 bits per heavy atom. The fourth-order valence-corrected chi connectivity index (χ4v) is 1.02. The zero-order valence-electron chi connectivity index (χ0n) is 7.65. The maximum Gasteiger partial charge on any atom is 0.423 e. The monoisotopic (exact) mass is 229 g/mol. The zero-order chi connectivity index (χ0) is 11.6. The molecular weight excluding hydrogens is 225 g/mol. The van der Waals surface area contributed by atoms with E-state index in [0.717, 1.165) is 12.1 Å². The number of halogens is 3. The summed E-state index contributed by atoms with van der Waals surface area (Å²) in [5.74, 6) is -0.0347. The molecule has 0 bridgehead atoms. The largest absolute Gasteiger partial charge is 0.423 e. The lowest BCUT2D eigenvalue weighted by Gasteiger charge is -2.07. The van der Waals surface area contributed by atoms with Gasteiger partial charge in [0, 0.05) is 0 Å². The number of alkyl halides is 3. The van der Waals surface area contributed by atoms with Gasteiger partial charge in [-0.3, -0.25) is 4.52 Å². The van der Waals surface area contributed by atoms with Crippen molar-refractivity contribution in [1.82, 2.24) is 10.1 Å². The maximum absolute atomic E-state index is 12.3. The van der Waals surface area contributed by atoms with Crippen molar-refractivity contribution < 1.29 is 22.4 Å². The Bertz CT molecular complexity index is 468. The first kappa shape index (κ1) is 10.5. The van der Waals surface area contributed by atoms with E-state index in [2.05, 4.69) is 21.0 Å². The quantitative estimate of drug-likeness (QED) is 0.794. The Labute approximate surface area is 87.6 Å². The molecule has 7 heteroatoms. The van der Waals surface area contributed by atoms with Crippen LogP contribution in [0.5, 0.6) is 11.8 Å². The minimum atomic E-state index is -4.42. The number of aromatic nitrogens is 2. The van der Waals surface area contributed by atoms with Crippen LogP contribution in [-0.4, -0.2) is 10.1 Å². The summed E-state index contributed by atoms with van der Waals surface area (Å²) in [4.78, 5) is 3.40. The molecule has 0 aliphatic rings. The van der Waals surface area contributed by atoms with Gasteiger partial charge in [0.25, 0.3) is 0 Å². The van der Waals surface area contributed by atoms with E-state index < -0.39 is 11.7 Å². The summed E-state index contributed by atoms with van der Waals surface area (Å²) in [6.45, 7) is 0. The van der Waals surface area contributed by atoms with E-state index in [-0.39, 0.29) is 11.8 Å². The molecular formula is C9H4F3N2O2. The SMILES string of the molecule is FC(F)(F)c1cccc(Oc2n[c]no2)c1. The predicted octanol–water partition coefficient (Wildman–Crippen LogP) is 2.68. The van der Waals surface area contributed by atoms with Gasteiger partial charge in [0.05, 0.1) is 5.56 Å². The molecule has 0 N–H and O–H groups in total. The van der Waals surface area contributed by atoms with Gasteiger partial charge in [-0.05, 0) is 23.4 Å². The number of rotatable bonds is 2. The molecule has 0 saturated carbocycles. The van der Waals surface area contributed by atoms with Crippen LogP contribution in [-0.2, 0) is 6.18 Å². The third-order valence-corrected chi connectivity index (χ3v) is 1.67. The summed E-state index contributed by atoms with van der Waals surface area (Å²) in [7, 11) is 0. The Balaban J connectivity index is 2.23. The molecule has 0 amide bonds. The fraction of sp³-hybridized carbons (Fsp3) is 0.111. The number of nitrogens with zero attached hydrogens (tertiary/aromatic N) is 2. The number of hydrogen-bond donors (Lipinski definition) is 0. The van der Waals surface area contributed by atoms with Gasteiger partial charge in [-0.1, -0.05) is 6.07 Å². The molecule has 1 aromatic heterocycles. The highest BCUT2D eigenvalue weighted by atomic mass is 19.4. The van der Waals surface area contributed by atoms with Gasteiger partial charge in [-0.2, -0.15) is 13.2 Å². The maximum atomic E-state index is 12.3. The molecule has 0 fully saturated rings. The van der Waals surface area contributed by atoms with E-state index in [0.29, 0.717) is 0 Å². The topological polar surface area (TPSA) is 48.2 Å². The minimum absolute atomic E-state index is 0.0347. The Morgan fingerprint density at radius 3 is 2.75 bits per heavy atom. The molecule has 0 atom stereocenters. The molecule has 1 radical (unpaired) electrons. The minimum Gasteiger partial charge on any atom is -0.410 e. The lowest BCUT2D eigenvalue weighted by Crippen LogP contribution is -2.04. The second kappa shape index (κ2) is 3.84.